The highest BCUT2D eigenvalue weighted by molar-refractivity contribution is 5.49. The molecule has 0 spiro atoms. The quantitative estimate of drug-likeness (QED) is 0.0382. The SMILES string of the molecule is CC1(C)O[C@H](c2ccc(CO)cc2)[C@@H](c2ccc(OCc3cc(OCc4cc(OCc5ccccc5)cc(OCc5ccccc5)c4)cc(OCc4cc(OCc5ccccc5)cc(OCc5ccccc5)c4)c3)c(OCc3cc(OCc4cc(OCc5ccccc5)cc(OCc5ccccc5)c4)cc(OCc4cc(OCc5ccccc5)cc(OCc5ccccc5)c4)c3)c2)O1. The van der Waals surface area contributed by atoms with Crippen LogP contribution in [0.1, 0.15) is 121 Å². The number of hydrogen-bond acceptors (Lipinski definition) is 17. The maximum atomic E-state index is 10.1. The summed E-state index contributed by atoms with van der Waals surface area (Å²) >= 11 is 0. The van der Waals surface area contributed by atoms with Gasteiger partial charge in [0.05, 0.1) is 6.61 Å². The highest BCUT2D eigenvalue weighted by atomic mass is 16.8. The molecule has 17 rings (SSSR count). The van der Waals surface area contributed by atoms with E-state index in [2.05, 4.69) is 0 Å². The largest absolute Gasteiger partial charge is 0.489 e. The maximum Gasteiger partial charge on any atom is 0.164 e. The number of hydrogen-bond donors (Lipinski definition) is 1. The van der Waals surface area contributed by atoms with E-state index in [1.54, 1.807) is 0 Å². The summed E-state index contributed by atoms with van der Waals surface area (Å²) in [5.41, 5.74) is 15.2. The minimum Gasteiger partial charge on any atom is -0.489 e. The zero-order chi connectivity index (χ0) is 90.4. The molecule has 0 bridgehead atoms. The van der Waals surface area contributed by atoms with Gasteiger partial charge in [0.1, 0.15) is 174 Å². The molecule has 1 saturated heterocycles. The Morgan fingerprint density at radius 1 is 0.180 bits per heavy atom. The normalized spacial score (nSPS) is 13.1. The van der Waals surface area contributed by atoms with Crippen LogP contribution in [0.25, 0.3) is 0 Å². The first-order valence-electron chi connectivity index (χ1n) is 44.5. The Kier molecular flexibility index (Phi) is 30.5. The molecule has 670 valence electrons. The van der Waals surface area contributed by atoms with Gasteiger partial charge in [-0.1, -0.05) is 273 Å². The Morgan fingerprint density at radius 3 is 0.571 bits per heavy atom. The van der Waals surface area contributed by atoms with Gasteiger partial charge in [-0.3, -0.25) is 0 Å². The number of ether oxygens (including phenoxy) is 16. The Bertz CT molecular complexity index is 5790. The summed E-state index contributed by atoms with van der Waals surface area (Å²) in [4.78, 5) is 0. The van der Waals surface area contributed by atoms with Crippen molar-refractivity contribution in [3.8, 4) is 80.5 Å². The first-order chi connectivity index (χ1) is 65.4. The van der Waals surface area contributed by atoms with E-state index in [4.69, 9.17) is 75.8 Å². The lowest BCUT2D eigenvalue weighted by Crippen LogP contribution is -2.20. The van der Waals surface area contributed by atoms with Gasteiger partial charge < -0.3 is 80.9 Å². The number of aliphatic hydroxyl groups is 1. The van der Waals surface area contributed by atoms with Gasteiger partial charge in [0.2, 0.25) is 0 Å². The van der Waals surface area contributed by atoms with E-state index < -0.39 is 18.0 Å². The topological polar surface area (TPSA) is 168 Å². The monoisotopic (exact) mass is 1770 g/mol. The summed E-state index contributed by atoms with van der Waals surface area (Å²) in [5.74, 6) is 6.72. The Balaban J connectivity index is 0.706. The van der Waals surface area contributed by atoms with Crippen molar-refractivity contribution in [3.05, 3.63) is 489 Å². The van der Waals surface area contributed by atoms with E-state index in [0.29, 0.717) is 144 Å². The van der Waals surface area contributed by atoms with Crippen molar-refractivity contribution in [3.63, 3.8) is 0 Å². The molecule has 0 unspecified atom stereocenters. The maximum absolute atomic E-state index is 10.1. The predicted molar refractivity (Wildman–Crippen MR) is 511 cm³/mol. The van der Waals surface area contributed by atoms with Crippen molar-refractivity contribution in [2.45, 2.75) is 131 Å². The van der Waals surface area contributed by atoms with Gasteiger partial charge in [0.15, 0.2) is 17.3 Å². The van der Waals surface area contributed by atoms with Crippen LogP contribution in [0.3, 0.4) is 0 Å². The van der Waals surface area contributed by atoms with Crippen LogP contribution in [0.4, 0.5) is 0 Å². The third-order valence-electron chi connectivity index (χ3n) is 21.9. The second kappa shape index (κ2) is 45.2. The molecule has 1 heterocycles. The third-order valence-corrected chi connectivity index (χ3v) is 21.9. The fourth-order valence-electron chi connectivity index (χ4n) is 15.2. The van der Waals surface area contributed by atoms with Crippen molar-refractivity contribution >= 4 is 0 Å². The van der Waals surface area contributed by atoms with Crippen LogP contribution in [0.15, 0.2) is 394 Å². The van der Waals surface area contributed by atoms with Gasteiger partial charge >= 0.3 is 0 Å². The molecule has 133 heavy (non-hydrogen) atoms. The summed E-state index contributed by atoms with van der Waals surface area (Å²) in [6, 6.07) is 129. The fourth-order valence-corrected chi connectivity index (χ4v) is 15.2. The number of aliphatic hydroxyl groups excluding tert-OH is 1. The average Bonchev–Trinajstić information content (AvgIpc) is 1.65. The molecule has 16 aromatic rings. The van der Waals surface area contributed by atoms with Crippen LogP contribution < -0.4 is 66.3 Å². The van der Waals surface area contributed by atoms with E-state index in [1.165, 1.54) is 0 Å². The van der Waals surface area contributed by atoms with Crippen molar-refractivity contribution in [1.82, 2.24) is 0 Å². The number of benzene rings is 16. The first-order valence-corrected chi connectivity index (χ1v) is 44.5. The van der Waals surface area contributed by atoms with Crippen LogP contribution in [-0.4, -0.2) is 10.9 Å². The van der Waals surface area contributed by atoms with Gasteiger partial charge in [-0.15, -0.1) is 0 Å². The zero-order valence-corrected chi connectivity index (χ0v) is 74.3. The molecule has 0 saturated carbocycles. The predicted octanol–water partition coefficient (Wildman–Crippen LogP) is 25.9. The summed E-state index contributed by atoms with van der Waals surface area (Å²) in [6.45, 7) is 6.93. The molecule has 1 N–H and O–H groups in total. The molecule has 1 aliphatic rings. The minimum absolute atomic E-state index is 0.00998. The second-order valence-corrected chi connectivity index (χ2v) is 32.9. The first kappa shape index (κ1) is 89.6. The highest BCUT2D eigenvalue weighted by Gasteiger charge is 2.43. The van der Waals surface area contributed by atoms with Crippen LogP contribution in [0.2, 0.25) is 0 Å². The van der Waals surface area contributed by atoms with Crippen molar-refractivity contribution < 1.29 is 80.9 Å². The van der Waals surface area contributed by atoms with Gasteiger partial charge in [-0.25, -0.2) is 0 Å². The molecular formula is C116H104O17. The van der Waals surface area contributed by atoms with Crippen LogP contribution in [0, 0.1) is 0 Å². The summed E-state index contributed by atoms with van der Waals surface area (Å²) in [7, 11) is 0. The summed E-state index contributed by atoms with van der Waals surface area (Å²) in [5, 5.41) is 10.1. The smallest absolute Gasteiger partial charge is 0.164 e. The highest BCUT2D eigenvalue weighted by Crippen LogP contribution is 2.49. The molecule has 0 aromatic heterocycles. The number of rotatable bonds is 45. The average molecular weight is 1770 g/mol. The molecule has 16 aromatic carbocycles. The molecule has 0 aliphatic carbocycles. The van der Waals surface area contributed by atoms with Gasteiger partial charge in [0.25, 0.3) is 0 Å². The van der Waals surface area contributed by atoms with Crippen LogP contribution >= 0.6 is 0 Å². The molecular weight excluding hydrogens is 1670 g/mol. The fraction of sp³-hybridized carbons (Fsp3) is 0.172. The summed E-state index contributed by atoms with van der Waals surface area (Å²) in [6.07, 6.45) is -1.18. The van der Waals surface area contributed by atoms with Gasteiger partial charge in [-0.05, 0) is 193 Å². The van der Waals surface area contributed by atoms with E-state index >= 15 is 0 Å². The van der Waals surface area contributed by atoms with Crippen molar-refractivity contribution in [2.24, 2.45) is 0 Å². The Labute approximate surface area is 776 Å². The lowest BCUT2D eigenvalue weighted by molar-refractivity contribution is -0.147. The molecule has 17 heteroatoms. The van der Waals surface area contributed by atoms with Gasteiger partial charge in [0, 0.05) is 36.4 Å². The molecule has 1 fully saturated rings. The van der Waals surface area contributed by atoms with Crippen molar-refractivity contribution in [1.29, 1.82) is 0 Å². The Morgan fingerprint density at radius 2 is 0.361 bits per heavy atom. The van der Waals surface area contributed by atoms with E-state index in [0.717, 1.165) is 83.5 Å². The molecule has 0 radical (unpaired) electrons. The molecule has 1 aliphatic heterocycles. The van der Waals surface area contributed by atoms with Crippen molar-refractivity contribution in [2.75, 3.05) is 0 Å². The summed E-state index contributed by atoms with van der Waals surface area (Å²) < 4.78 is 107. The standard InChI is InChI=1S/C116H104O17/c1-116(2)132-114(98-45-43-83(68-117)44-46-98)115(133-116)99-47-48-112(130-81-96-57-108(126-77-92-49-100(118-69-84-27-11-3-12-28-84)62-101(50-92)119-70-85-29-13-4-14-30-85)66-109(58-96)127-78-93-51-102(120-71-86-31-15-5-16-32-86)63-103(52-93)121-72-87-33-17-6-18-34-87)113(61-99)131-82-97-59-110(128-79-94-53-104(122-73-88-35-19-7-20-36-88)64-105(54-94)123-74-89-37-21-8-22-38-89)67-111(60-97)129-80-95-55-106(124-75-90-39-23-9-24-40-90)65-107(56-95)125-76-91-41-25-10-26-42-91/h3-67,114-115,117H,68-82H2,1-2H3/t114-,115-/m1/s1. The molecule has 2 atom stereocenters. The lowest BCUT2D eigenvalue weighted by atomic mass is 9.97. The van der Waals surface area contributed by atoms with E-state index in [1.807, 2.05) is 408 Å². The Hall–Kier alpha value is -15.4. The van der Waals surface area contributed by atoms with E-state index in [-0.39, 0.29) is 46.2 Å². The molecule has 17 nitrogen and oxygen atoms in total. The van der Waals surface area contributed by atoms with Crippen LogP contribution in [0.5, 0.6) is 80.5 Å². The third kappa shape index (κ3) is 27.1. The molecule has 0 amide bonds. The van der Waals surface area contributed by atoms with Gasteiger partial charge in [-0.2, -0.15) is 0 Å². The minimum atomic E-state index is -1.000. The second-order valence-electron chi connectivity index (χ2n) is 32.9. The van der Waals surface area contributed by atoms with E-state index in [9.17, 15) is 5.11 Å². The lowest BCUT2D eigenvalue weighted by Gasteiger charge is -2.21. The zero-order valence-electron chi connectivity index (χ0n) is 74.3. The van der Waals surface area contributed by atoms with Crippen LogP contribution in [-0.2, 0) is 109 Å².